The third-order valence-corrected chi connectivity index (χ3v) is 5.50. The largest absolute Gasteiger partial charge is 0.394 e. The Balaban J connectivity index is 0.000000149. The van der Waals surface area contributed by atoms with Crippen molar-refractivity contribution in [1.82, 2.24) is 49.4 Å². The van der Waals surface area contributed by atoms with Crippen LogP contribution in [0, 0.1) is 6.92 Å². The summed E-state index contributed by atoms with van der Waals surface area (Å²) < 4.78 is 6.85. The van der Waals surface area contributed by atoms with E-state index in [4.69, 9.17) is 21.3 Å². The van der Waals surface area contributed by atoms with Gasteiger partial charge in [-0.15, -0.1) is 0 Å². The monoisotopic (exact) mass is 544 g/mol. The number of hydrogen-bond acceptors (Lipinski definition) is 14. The highest BCUT2D eigenvalue weighted by Gasteiger charge is 2.43. The molecule has 11 N–H and O–H groups in total. The number of nitrogen functional groups attached to an aromatic ring is 2. The Labute approximate surface area is 215 Å². The van der Waals surface area contributed by atoms with Crippen molar-refractivity contribution in [2.24, 2.45) is 0 Å². The summed E-state index contributed by atoms with van der Waals surface area (Å²) >= 11 is 0. The minimum absolute atomic E-state index is 0.0783. The van der Waals surface area contributed by atoms with Gasteiger partial charge in [0.1, 0.15) is 30.2 Å². The molecule has 6 rings (SSSR count). The Kier molecular flexibility index (Phi) is 7.76. The zero-order chi connectivity index (χ0) is 28.3. The van der Waals surface area contributed by atoms with E-state index in [0.717, 1.165) is 0 Å². The van der Waals surface area contributed by atoms with Gasteiger partial charge in [-0.2, -0.15) is 4.98 Å². The quantitative estimate of drug-likeness (QED) is 0.105. The Morgan fingerprint density at radius 3 is 2.46 bits per heavy atom. The lowest BCUT2D eigenvalue weighted by molar-refractivity contribution is -0.0511. The first-order chi connectivity index (χ1) is 18.6. The summed E-state index contributed by atoms with van der Waals surface area (Å²) in [5, 5.41) is 28.7. The van der Waals surface area contributed by atoms with Crippen molar-refractivity contribution in [2.75, 3.05) is 18.1 Å². The lowest BCUT2D eigenvalue weighted by Gasteiger charge is -2.16. The van der Waals surface area contributed by atoms with E-state index in [1.54, 1.807) is 6.92 Å². The topological polar surface area (TPSA) is 306 Å². The standard InChI is InChI=1S/C10H13N5O4.C5H5N5O.C5H6N2O2/c11-8-5-9(13-2-12-8)15(3-14-5)10-7(18)6(17)4(1-16)19-10;6-5-9-3-2(4(11)10-5)7-1-8-3;1-3-2-6-5(9)7-4(3)8/h2-4,6-7,10,16-18H,1H2,(H2,11,12,13);1H,(H4,6,7,8,9,10,11);2H,1H3,(H2,6,7,8,9)/t4-,6-,7-,10-;;/m1../s1. The number of nitrogens with zero attached hydrogens (tertiary/aromatic N) is 6. The van der Waals surface area contributed by atoms with Crippen LogP contribution in [0.15, 0.2) is 39.6 Å². The summed E-state index contributed by atoms with van der Waals surface area (Å²) in [4.78, 5) is 60.7. The Morgan fingerprint density at radius 2 is 1.79 bits per heavy atom. The first-order valence-electron chi connectivity index (χ1n) is 11.1. The highest BCUT2D eigenvalue weighted by Crippen LogP contribution is 2.31. The average Bonchev–Trinajstić information content (AvgIpc) is 3.61. The van der Waals surface area contributed by atoms with Crippen molar-refractivity contribution in [3.8, 4) is 0 Å². The van der Waals surface area contributed by atoms with Crippen LogP contribution in [0.1, 0.15) is 11.8 Å². The number of fused-ring (bicyclic) bond motifs is 2. The van der Waals surface area contributed by atoms with Crippen LogP contribution in [-0.2, 0) is 4.74 Å². The van der Waals surface area contributed by atoms with E-state index in [-0.39, 0.29) is 22.9 Å². The van der Waals surface area contributed by atoms with Crippen LogP contribution in [-0.4, -0.2) is 89.7 Å². The summed E-state index contributed by atoms with van der Waals surface area (Å²) in [7, 11) is 0. The second-order valence-electron chi connectivity index (χ2n) is 8.12. The second-order valence-corrected chi connectivity index (χ2v) is 8.12. The van der Waals surface area contributed by atoms with Gasteiger partial charge < -0.3 is 41.5 Å². The molecule has 19 nitrogen and oxygen atoms in total. The van der Waals surface area contributed by atoms with Gasteiger partial charge in [0.2, 0.25) is 5.95 Å². The average molecular weight is 544 g/mol. The zero-order valence-corrected chi connectivity index (χ0v) is 20.1. The number of ether oxygens (including phenoxy) is 1. The van der Waals surface area contributed by atoms with Crippen LogP contribution < -0.4 is 28.3 Å². The number of aryl methyl sites for hydroxylation is 1. The van der Waals surface area contributed by atoms with Crippen molar-refractivity contribution in [3.63, 3.8) is 0 Å². The zero-order valence-electron chi connectivity index (χ0n) is 20.1. The van der Waals surface area contributed by atoms with Gasteiger partial charge in [0, 0.05) is 11.8 Å². The molecule has 0 bridgehead atoms. The predicted octanol–water partition coefficient (Wildman–Crippen LogP) is -3.38. The number of aliphatic hydroxyl groups is 3. The third-order valence-electron chi connectivity index (χ3n) is 5.50. The molecule has 6 heterocycles. The van der Waals surface area contributed by atoms with Gasteiger partial charge in [0.15, 0.2) is 28.9 Å². The molecule has 0 saturated carbocycles. The summed E-state index contributed by atoms with van der Waals surface area (Å²) in [5.74, 6) is 0.296. The number of nitrogens with one attached hydrogen (secondary N) is 4. The Hall–Kier alpha value is -4.98. The molecule has 39 heavy (non-hydrogen) atoms. The number of H-pyrrole nitrogens is 4. The summed E-state index contributed by atoms with van der Waals surface area (Å²) in [6.07, 6.45) is 1.35. The summed E-state index contributed by atoms with van der Waals surface area (Å²) in [6.45, 7) is 1.23. The second kappa shape index (κ2) is 11.2. The summed E-state index contributed by atoms with van der Waals surface area (Å²) in [5.41, 5.74) is 11.8. The van der Waals surface area contributed by atoms with Gasteiger partial charge in [0.25, 0.3) is 11.1 Å². The van der Waals surface area contributed by atoms with E-state index in [2.05, 4.69) is 44.9 Å². The molecule has 5 aromatic rings. The fraction of sp³-hybridized carbons (Fsp3) is 0.300. The highest BCUT2D eigenvalue weighted by atomic mass is 16.6. The Morgan fingerprint density at radius 1 is 1.03 bits per heavy atom. The third kappa shape index (κ3) is 5.65. The molecule has 19 heteroatoms. The molecule has 5 aromatic heterocycles. The van der Waals surface area contributed by atoms with Crippen LogP contribution >= 0.6 is 0 Å². The molecule has 1 saturated heterocycles. The summed E-state index contributed by atoms with van der Waals surface area (Å²) in [6, 6.07) is 0. The molecule has 1 aliphatic heterocycles. The van der Waals surface area contributed by atoms with Gasteiger partial charge in [-0.05, 0) is 6.92 Å². The lowest BCUT2D eigenvalue weighted by Crippen LogP contribution is -2.33. The first kappa shape index (κ1) is 27.1. The van der Waals surface area contributed by atoms with Gasteiger partial charge in [-0.1, -0.05) is 0 Å². The van der Waals surface area contributed by atoms with E-state index >= 15 is 0 Å². The maximum Gasteiger partial charge on any atom is 0.325 e. The smallest absolute Gasteiger partial charge is 0.325 e. The molecule has 1 fully saturated rings. The van der Waals surface area contributed by atoms with Crippen LogP contribution in [0.4, 0.5) is 11.8 Å². The number of anilines is 2. The number of hydrogen-bond donors (Lipinski definition) is 9. The molecular weight excluding hydrogens is 520 g/mol. The van der Waals surface area contributed by atoms with E-state index in [1.165, 1.54) is 29.7 Å². The fourth-order valence-electron chi connectivity index (χ4n) is 3.50. The van der Waals surface area contributed by atoms with Gasteiger partial charge in [-0.3, -0.25) is 24.1 Å². The van der Waals surface area contributed by atoms with Crippen LogP contribution in [0.3, 0.4) is 0 Å². The molecule has 0 aliphatic carbocycles. The van der Waals surface area contributed by atoms with Crippen molar-refractivity contribution in [2.45, 2.75) is 31.5 Å². The van der Waals surface area contributed by atoms with E-state index in [9.17, 15) is 24.6 Å². The predicted molar refractivity (Wildman–Crippen MR) is 134 cm³/mol. The van der Waals surface area contributed by atoms with Crippen LogP contribution in [0.25, 0.3) is 22.3 Å². The maximum absolute atomic E-state index is 11.0. The molecule has 0 amide bonds. The van der Waals surface area contributed by atoms with E-state index < -0.39 is 36.8 Å². The fourth-order valence-corrected chi connectivity index (χ4v) is 3.50. The molecule has 0 unspecified atom stereocenters. The highest BCUT2D eigenvalue weighted by molar-refractivity contribution is 5.81. The van der Waals surface area contributed by atoms with Gasteiger partial charge in [-0.25, -0.2) is 24.7 Å². The van der Waals surface area contributed by atoms with Crippen molar-refractivity contribution in [3.05, 3.63) is 61.9 Å². The molecule has 0 radical (unpaired) electrons. The molecular formula is C20H24N12O7. The number of aliphatic hydroxyl groups excluding tert-OH is 3. The SMILES string of the molecule is Cc1c[nH]c(=O)[nH]c1=O.Nc1nc2nc[nH]c2c(=O)[nH]1.Nc1ncnc2c1ncn2[C@@H]1O[C@H](CO)[C@@H](O)[C@H]1O. The number of aromatic amines is 4. The van der Waals surface area contributed by atoms with E-state index in [0.29, 0.717) is 27.9 Å². The van der Waals surface area contributed by atoms with E-state index in [1.807, 2.05) is 0 Å². The number of nitrogens with two attached hydrogens (primary N) is 2. The van der Waals surface area contributed by atoms with Crippen molar-refractivity contribution < 1.29 is 20.1 Å². The molecule has 1 aliphatic rings. The number of rotatable bonds is 2. The lowest BCUT2D eigenvalue weighted by atomic mass is 10.1. The van der Waals surface area contributed by atoms with Crippen molar-refractivity contribution in [1.29, 1.82) is 0 Å². The van der Waals surface area contributed by atoms with Gasteiger partial charge in [0.05, 0.1) is 19.3 Å². The Bertz CT molecular complexity index is 1760. The first-order valence-corrected chi connectivity index (χ1v) is 11.1. The maximum atomic E-state index is 11.0. The minimum Gasteiger partial charge on any atom is -0.394 e. The number of aromatic nitrogens is 10. The van der Waals surface area contributed by atoms with Gasteiger partial charge >= 0.3 is 5.69 Å². The molecule has 4 atom stereocenters. The minimum atomic E-state index is -1.19. The molecule has 0 spiro atoms. The number of imidazole rings is 2. The molecule has 206 valence electrons. The van der Waals surface area contributed by atoms with Crippen molar-refractivity contribution >= 4 is 34.1 Å². The normalized spacial score (nSPS) is 20.3. The van der Waals surface area contributed by atoms with Crippen LogP contribution in [0.2, 0.25) is 0 Å². The van der Waals surface area contributed by atoms with Crippen LogP contribution in [0.5, 0.6) is 0 Å². The molecule has 0 aromatic carbocycles.